The number of nitrogens with one attached hydrogen (secondary N) is 1. The van der Waals surface area contributed by atoms with Crippen molar-refractivity contribution in [2.45, 2.75) is 39.3 Å². The minimum atomic E-state index is 0.198. The Labute approximate surface area is 119 Å². The van der Waals surface area contributed by atoms with Gasteiger partial charge in [0.25, 0.3) is 0 Å². The van der Waals surface area contributed by atoms with E-state index in [0.29, 0.717) is 0 Å². The Balaban J connectivity index is 1.86. The molecule has 0 radical (unpaired) electrons. The van der Waals surface area contributed by atoms with Gasteiger partial charge in [-0.2, -0.15) is 10.1 Å². The quantitative estimate of drug-likeness (QED) is 0.933. The maximum atomic E-state index is 5.68. The van der Waals surface area contributed by atoms with Crippen LogP contribution in [-0.4, -0.2) is 27.4 Å². The average Bonchev–Trinajstić information content (AvgIpc) is 2.79. The van der Waals surface area contributed by atoms with Crippen LogP contribution in [0.3, 0.4) is 0 Å². The Morgan fingerprint density at radius 3 is 2.75 bits per heavy atom. The van der Waals surface area contributed by atoms with Crippen LogP contribution in [0.15, 0.2) is 24.3 Å². The molecule has 1 aliphatic rings. The summed E-state index contributed by atoms with van der Waals surface area (Å²) in [6, 6.07) is 8.55. The fourth-order valence-corrected chi connectivity index (χ4v) is 2.56. The largest absolute Gasteiger partial charge is 0.491 e. The van der Waals surface area contributed by atoms with E-state index in [-0.39, 0.29) is 12.1 Å². The first-order valence-corrected chi connectivity index (χ1v) is 7.07. The van der Waals surface area contributed by atoms with E-state index in [9.17, 15) is 0 Å². The average molecular weight is 272 g/mol. The topological polar surface area (TPSA) is 52.0 Å². The molecule has 5 nitrogen and oxygen atoms in total. The molecule has 1 aromatic carbocycles. The first-order chi connectivity index (χ1) is 9.63. The summed E-state index contributed by atoms with van der Waals surface area (Å²) in [6.07, 6.45) is 1.21. The van der Waals surface area contributed by atoms with Crippen molar-refractivity contribution in [2.75, 3.05) is 11.9 Å². The Morgan fingerprint density at radius 1 is 1.30 bits per heavy atom. The van der Waals surface area contributed by atoms with Gasteiger partial charge in [-0.3, -0.25) is 0 Å². The number of nitrogens with zero attached hydrogens (tertiary/aromatic N) is 3. The molecule has 20 heavy (non-hydrogen) atoms. The van der Waals surface area contributed by atoms with Gasteiger partial charge in [-0.05, 0) is 44.9 Å². The van der Waals surface area contributed by atoms with Crippen molar-refractivity contribution in [3.05, 3.63) is 35.7 Å². The van der Waals surface area contributed by atoms with E-state index in [4.69, 9.17) is 4.74 Å². The molecule has 0 fully saturated rings. The van der Waals surface area contributed by atoms with Gasteiger partial charge in [0.05, 0.1) is 12.1 Å². The van der Waals surface area contributed by atoms with Crippen LogP contribution in [0.25, 0.3) is 0 Å². The SMILES string of the molecule is Cc1nc2n(n1)C(c1ccc(OC(C)C)cc1)CCN2. The molecule has 2 heterocycles. The summed E-state index contributed by atoms with van der Waals surface area (Å²) < 4.78 is 7.67. The molecule has 0 saturated heterocycles. The van der Waals surface area contributed by atoms with Crippen LogP contribution in [-0.2, 0) is 0 Å². The second kappa shape index (κ2) is 5.15. The molecule has 5 heteroatoms. The third-order valence-corrected chi connectivity index (χ3v) is 3.37. The normalized spacial score (nSPS) is 17.7. The third kappa shape index (κ3) is 2.48. The van der Waals surface area contributed by atoms with Crippen LogP contribution in [0.5, 0.6) is 5.75 Å². The van der Waals surface area contributed by atoms with E-state index >= 15 is 0 Å². The van der Waals surface area contributed by atoms with Crippen molar-refractivity contribution < 1.29 is 4.74 Å². The maximum absolute atomic E-state index is 5.68. The molecule has 0 bridgehead atoms. The number of hydrogen-bond acceptors (Lipinski definition) is 4. The highest BCUT2D eigenvalue weighted by Gasteiger charge is 2.23. The molecular weight excluding hydrogens is 252 g/mol. The van der Waals surface area contributed by atoms with Crippen molar-refractivity contribution in [3.63, 3.8) is 0 Å². The molecule has 1 aromatic heterocycles. The minimum Gasteiger partial charge on any atom is -0.491 e. The number of hydrogen-bond donors (Lipinski definition) is 1. The van der Waals surface area contributed by atoms with E-state index in [2.05, 4.69) is 27.5 Å². The summed E-state index contributed by atoms with van der Waals surface area (Å²) in [5.41, 5.74) is 1.24. The molecule has 1 atom stereocenters. The Kier molecular flexibility index (Phi) is 3.34. The first kappa shape index (κ1) is 13.0. The van der Waals surface area contributed by atoms with Gasteiger partial charge in [0.2, 0.25) is 5.95 Å². The summed E-state index contributed by atoms with van der Waals surface area (Å²) in [4.78, 5) is 4.40. The Bertz CT molecular complexity index is 588. The van der Waals surface area contributed by atoms with Crippen molar-refractivity contribution in [1.29, 1.82) is 0 Å². The number of anilines is 1. The molecular formula is C15H20N4O. The fourth-order valence-electron chi connectivity index (χ4n) is 2.56. The molecule has 2 aromatic rings. The van der Waals surface area contributed by atoms with Gasteiger partial charge < -0.3 is 10.1 Å². The zero-order valence-corrected chi connectivity index (χ0v) is 12.1. The number of aromatic nitrogens is 3. The van der Waals surface area contributed by atoms with Gasteiger partial charge in [0.15, 0.2) is 0 Å². The number of ether oxygens (including phenoxy) is 1. The lowest BCUT2D eigenvalue weighted by Gasteiger charge is -2.25. The van der Waals surface area contributed by atoms with E-state index < -0.39 is 0 Å². The highest BCUT2D eigenvalue weighted by atomic mass is 16.5. The predicted molar refractivity (Wildman–Crippen MR) is 78.2 cm³/mol. The van der Waals surface area contributed by atoms with Crippen LogP contribution in [0.4, 0.5) is 5.95 Å². The van der Waals surface area contributed by atoms with Crippen molar-refractivity contribution >= 4 is 5.95 Å². The summed E-state index contributed by atoms with van der Waals surface area (Å²) in [5, 5.41) is 7.78. The standard InChI is InChI=1S/C15H20N4O/c1-10(2)20-13-6-4-12(5-7-13)14-8-9-16-15-17-11(3)18-19(14)15/h4-7,10,14H,8-9H2,1-3H3,(H,16,17,18). The lowest BCUT2D eigenvalue weighted by atomic mass is 10.0. The summed E-state index contributed by atoms with van der Waals surface area (Å²) in [5.74, 6) is 2.58. The lowest BCUT2D eigenvalue weighted by Crippen LogP contribution is -2.24. The zero-order valence-electron chi connectivity index (χ0n) is 12.1. The molecule has 106 valence electrons. The van der Waals surface area contributed by atoms with Gasteiger partial charge in [0, 0.05) is 6.54 Å². The molecule has 0 amide bonds. The van der Waals surface area contributed by atoms with E-state index in [1.54, 1.807) is 0 Å². The van der Waals surface area contributed by atoms with Crippen LogP contribution >= 0.6 is 0 Å². The second-order valence-corrected chi connectivity index (χ2v) is 5.39. The summed E-state index contributed by atoms with van der Waals surface area (Å²) in [7, 11) is 0. The van der Waals surface area contributed by atoms with Gasteiger partial charge >= 0.3 is 0 Å². The molecule has 1 aliphatic heterocycles. The van der Waals surface area contributed by atoms with E-state index in [1.165, 1.54) is 5.56 Å². The number of aryl methyl sites for hydroxylation is 1. The van der Waals surface area contributed by atoms with E-state index in [1.807, 2.05) is 37.6 Å². The monoisotopic (exact) mass is 272 g/mol. The molecule has 1 unspecified atom stereocenters. The molecule has 0 aliphatic carbocycles. The highest BCUT2D eigenvalue weighted by Crippen LogP contribution is 2.29. The fraction of sp³-hybridized carbons (Fsp3) is 0.467. The van der Waals surface area contributed by atoms with Gasteiger partial charge in [-0.25, -0.2) is 4.68 Å². The number of rotatable bonds is 3. The number of fused-ring (bicyclic) bond motifs is 1. The Morgan fingerprint density at radius 2 is 2.05 bits per heavy atom. The minimum absolute atomic E-state index is 0.198. The van der Waals surface area contributed by atoms with Gasteiger partial charge in [-0.15, -0.1) is 0 Å². The molecule has 3 rings (SSSR count). The molecule has 1 N–H and O–H groups in total. The Hall–Kier alpha value is -2.04. The molecule has 0 saturated carbocycles. The lowest BCUT2D eigenvalue weighted by molar-refractivity contribution is 0.242. The summed E-state index contributed by atoms with van der Waals surface area (Å²) in [6.45, 7) is 6.91. The molecule has 0 spiro atoms. The van der Waals surface area contributed by atoms with Crippen LogP contribution < -0.4 is 10.1 Å². The third-order valence-electron chi connectivity index (χ3n) is 3.37. The second-order valence-electron chi connectivity index (χ2n) is 5.39. The maximum Gasteiger partial charge on any atom is 0.221 e. The van der Waals surface area contributed by atoms with E-state index in [0.717, 1.165) is 30.5 Å². The summed E-state index contributed by atoms with van der Waals surface area (Å²) >= 11 is 0. The van der Waals surface area contributed by atoms with Gasteiger partial charge in [-0.1, -0.05) is 12.1 Å². The first-order valence-electron chi connectivity index (χ1n) is 7.07. The van der Waals surface area contributed by atoms with Crippen LogP contribution in [0.2, 0.25) is 0 Å². The zero-order chi connectivity index (χ0) is 14.1. The van der Waals surface area contributed by atoms with Crippen LogP contribution in [0, 0.1) is 6.92 Å². The predicted octanol–water partition coefficient (Wildman–Crippen LogP) is 2.78. The highest BCUT2D eigenvalue weighted by molar-refractivity contribution is 5.35. The number of benzene rings is 1. The van der Waals surface area contributed by atoms with Crippen molar-refractivity contribution in [3.8, 4) is 5.75 Å². The van der Waals surface area contributed by atoms with Crippen LogP contribution in [0.1, 0.15) is 37.7 Å². The smallest absolute Gasteiger partial charge is 0.221 e. The van der Waals surface area contributed by atoms with Gasteiger partial charge in [0.1, 0.15) is 11.6 Å². The van der Waals surface area contributed by atoms with Crippen molar-refractivity contribution in [2.24, 2.45) is 0 Å². The van der Waals surface area contributed by atoms with Crippen molar-refractivity contribution in [1.82, 2.24) is 14.8 Å².